The Labute approximate surface area is 386 Å². The third kappa shape index (κ3) is 26.3. The second-order valence-electron chi connectivity index (χ2n) is 18.3. The highest BCUT2D eigenvalue weighted by atomic mass is 16.7. The Morgan fingerprint density at radius 3 is 1.42 bits per heavy atom. The predicted molar refractivity (Wildman–Crippen MR) is 247 cm³/mol. The van der Waals surface area contributed by atoms with E-state index < -0.39 is 80.7 Å². The Hall–Kier alpha value is -1.27. The highest BCUT2D eigenvalue weighted by Gasteiger charge is 2.47. The van der Waals surface area contributed by atoms with Crippen LogP contribution in [0.3, 0.4) is 0 Å². The van der Waals surface area contributed by atoms with E-state index in [9.17, 15) is 40.5 Å². The minimum absolute atomic E-state index is 0.0654. The third-order valence-corrected chi connectivity index (χ3v) is 12.5. The number of hydrogen-bond donors (Lipinski definition) is 7. The summed E-state index contributed by atoms with van der Waals surface area (Å²) in [6.07, 6.45) is 22.7. The Balaban J connectivity index is 1.77. The van der Waals surface area contributed by atoms with Crippen molar-refractivity contribution >= 4 is 5.97 Å². The van der Waals surface area contributed by atoms with E-state index in [2.05, 4.69) is 26.0 Å². The molecule has 0 aromatic carbocycles. The molecule has 0 aromatic rings. The molecule has 0 amide bonds. The minimum atomic E-state index is -1.70. The molecule has 0 aromatic heterocycles. The highest BCUT2D eigenvalue weighted by Crippen LogP contribution is 2.26. The SMILES string of the molecule is CCCCCCCC/C=C\CCCCCCCCCC(=O)OC(COCCCCCCCCCCCCCCC)COC1OC(COC2OC(CO)C(O)C(O)C2O)C(O)C(O)C1O. The zero-order valence-electron chi connectivity index (χ0n) is 40.0. The highest BCUT2D eigenvalue weighted by molar-refractivity contribution is 5.69. The van der Waals surface area contributed by atoms with Gasteiger partial charge in [0.1, 0.15) is 54.9 Å². The second kappa shape index (κ2) is 38.7. The van der Waals surface area contributed by atoms with Gasteiger partial charge >= 0.3 is 5.97 Å². The molecule has 378 valence electrons. The summed E-state index contributed by atoms with van der Waals surface area (Å²) in [4.78, 5) is 13.0. The first-order chi connectivity index (χ1) is 31.1. The van der Waals surface area contributed by atoms with Crippen LogP contribution < -0.4 is 0 Å². The maximum atomic E-state index is 13.0. The summed E-state index contributed by atoms with van der Waals surface area (Å²) in [5.74, 6) is -0.378. The molecule has 14 heteroatoms. The van der Waals surface area contributed by atoms with E-state index in [4.69, 9.17) is 28.4 Å². The lowest BCUT2D eigenvalue weighted by Crippen LogP contribution is -2.61. The van der Waals surface area contributed by atoms with Gasteiger partial charge in [0, 0.05) is 13.0 Å². The minimum Gasteiger partial charge on any atom is -0.457 e. The molecule has 0 saturated carbocycles. The molecule has 7 N–H and O–H groups in total. The number of ether oxygens (including phenoxy) is 6. The van der Waals surface area contributed by atoms with Gasteiger partial charge in [-0.05, 0) is 38.5 Å². The van der Waals surface area contributed by atoms with Crippen molar-refractivity contribution in [1.29, 1.82) is 0 Å². The number of esters is 1. The van der Waals surface area contributed by atoms with Crippen LogP contribution in [-0.4, -0.2) is 142 Å². The van der Waals surface area contributed by atoms with Crippen molar-refractivity contribution in [3.05, 3.63) is 12.2 Å². The smallest absolute Gasteiger partial charge is 0.306 e. The monoisotopic (exact) mass is 919 g/mol. The van der Waals surface area contributed by atoms with E-state index in [-0.39, 0.29) is 25.6 Å². The van der Waals surface area contributed by atoms with Gasteiger partial charge in [0.05, 0.1) is 26.4 Å². The van der Waals surface area contributed by atoms with Crippen molar-refractivity contribution in [2.45, 2.75) is 268 Å². The molecular weight excluding hydrogens is 825 g/mol. The van der Waals surface area contributed by atoms with Crippen molar-refractivity contribution in [2.24, 2.45) is 0 Å². The van der Waals surface area contributed by atoms with Gasteiger partial charge in [-0.15, -0.1) is 0 Å². The fourth-order valence-electron chi connectivity index (χ4n) is 8.28. The molecule has 2 heterocycles. The lowest BCUT2D eigenvalue weighted by atomic mass is 9.98. The quantitative estimate of drug-likeness (QED) is 0.0180. The Morgan fingerprint density at radius 1 is 0.500 bits per heavy atom. The number of carbonyl (C=O) groups excluding carboxylic acids is 1. The van der Waals surface area contributed by atoms with E-state index in [0.717, 1.165) is 44.9 Å². The summed E-state index contributed by atoms with van der Waals surface area (Å²) in [6, 6.07) is 0. The number of allylic oxidation sites excluding steroid dienone is 2. The maximum absolute atomic E-state index is 13.0. The van der Waals surface area contributed by atoms with Gasteiger partial charge in [0.25, 0.3) is 0 Å². The van der Waals surface area contributed by atoms with Crippen LogP contribution in [0, 0.1) is 0 Å². The molecule has 2 fully saturated rings. The summed E-state index contributed by atoms with van der Waals surface area (Å²) >= 11 is 0. The van der Waals surface area contributed by atoms with E-state index in [1.807, 2.05) is 0 Å². The summed E-state index contributed by atoms with van der Waals surface area (Å²) in [5, 5.41) is 72.1. The summed E-state index contributed by atoms with van der Waals surface area (Å²) in [5.41, 5.74) is 0. The number of aliphatic hydroxyl groups is 7. The van der Waals surface area contributed by atoms with Crippen LogP contribution in [-0.2, 0) is 33.2 Å². The van der Waals surface area contributed by atoms with Gasteiger partial charge < -0.3 is 64.2 Å². The number of hydrogen-bond acceptors (Lipinski definition) is 14. The van der Waals surface area contributed by atoms with Gasteiger partial charge in [-0.1, -0.05) is 167 Å². The van der Waals surface area contributed by atoms with Gasteiger partial charge in [0.15, 0.2) is 12.6 Å². The van der Waals surface area contributed by atoms with Crippen LogP contribution in [0.2, 0.25) is 0 Å². The molecule has 0 radical (unpaired) electrons. The van der Waals surface area contributed by atoms with Gasteiger partial charge in [-0.2, -0.15) is 0 Å². The first kappa shape index (κ1) is 58.9. The summed E-state index contributed by atoms with van der Waals surface area (Å²) in [6.45, 7) is 3.70. The Kier molecular flexibility index (Phi) is 35.6. The second-order valence-corrected chi connectivity index (χ2v) is 18.3. The summed E-state index contributed by atoms with van der Waals surface area (Å²) in [7, 11) is 0. The normalized spacial score (nSPS) is 26.8. The number of rotatable bonds is 41. The molecule has 2 saturated heterocycles. The zero-order chi connectivity index (χ0) is 46.6. The number of carbonyl (C=O) groups is 1. The molecular formula is C50H94O14. The number of aliphatic hydroxyl groups excluding tert-OH is 7. The van der Waals surface area contributed by atoms with Crippen LogP contribution >= 0.6 is 0 Å². The first-order valence-corrected chi connectivity index (χ1v) is 25.8. The topological polar surface area (TPSA) is 214 Å². The largest absolute Gasteiger partial charge is 0.457 e. The van der Waals surface area contributed by atoms with Crippen LogP contribution in [0.25, 0.3) is 0 Å². The summed E-state index contributed by atoms with van der Waals surface area (Å²) < 4.78 is 34.3. The maximum Gasteiger partial charge on any atom is 0.306 e. The van der Waals surface area contributed by atoms with Crippen molar-refractivity contribution in [1.82, 2.24) is 0 Å². The third-order valence-electron chi connectivity index (χ3n) is 12.5. The predicted octanol–water partition coefficient (Wildman–Crippen LogP) is 7.46. The van der Waals surface area contributed by atoms with Crippen molar-refractivity contribution < 1.29 is 69.0 Å². The fraction of sp³-hybridized carbons (Fsp3) is 0.940. The zero-order valence-corrected chi connectivity index (χ0v) is 40.0. The Morgan fingerprint density at radius 2 is 0.922 bits per heavy atom. The Bertz CT molecular complexity index is 1110. The molecule has 0 aliphatic carbocycles. The van der Waals surface area contributed by atoms with E-state index in [1.54, 1.807) is 0 Å². The molecule has 11 atom stereocenters. The van der Waals surface area contributed by atoms with Crippen molar-refractivity contribution in [3.63, 3.8) is 0 Å². The van der Waals surface area contributed by atoms with Crippen molar-refractivity contribution in [3.8, 4) is 0 Å². The average Bonchev–Trinajstić information content (AvgIpc) is 3.29. The fourth-order valence-corrected chi connectivity index (χ4v) is 8.28. The first-order valence-electron chi connectivity index (χ1n) is 25.8. The number of unbranched alkanes of at least 4 members (excludes halogenated alkanes) is 25. The van der Waals surface area contributed by atoms with Crippen LogP contribution in [0.1, 0.15) is 200 Å². The molecule has 0 spiro atoms. The molecule has 11 unspecified atom stereocenters. The average molecular weight is 919 g/mol. The van der Waals surface area contributed by atoms with Crippen LogP contribution in [0.5, 0.6) is 0 Å². The van der Waals surface area contributed by atoms with Crippen molar-refractivity contribution in [2.75, 3.05) is 33.0 Å². The van der Waals surface area contributed by atoms with Crippen LogP contribution in [0.15, 0.2) is 12.2 Å². The lowest BCUT2D eigenvalue weighted by Gasteiger charge is -2.42. The van der Waals surface area contributed by atoms with E-state index in [1.165, 1.54) is 128 Å². The molecule has 64 heavy (non-hydrogen) atoms. The lowest BCUT2D eigenvalue weighted by molar-refractivity contribution is -0.332. The van der Waals surface area contributed by atoms with E-state index >= 15 is 0 Å². The van der Waals surface area contributed by atoms with Gasteiger partial charge in [-0.25, -0.2) is 0 Å². The molecule has 0 bridgehead atoms. The molecule has 2 rings (SSSR count). The standard InChI is InChI=1S/C50H94O14/c1-3-5-7-9-11-13-15-17-18-19-20-21-23-25-27-29-31-33-42(52)62-39(36-59-34-32-30-28-26-24-22-16-14-12-10-8-6-4-2)37-60-49-48(58)46(56)44(54)41(64-49)38-61-50-47(57)45(55)43(53)40(35-51)63-50/h17-18,39-41,43-51,53-58H,3-16,19-38H2,1-2H3/b18-17-. The molecule has 2 aliphatic heterocycles. The van der Waals surface area contributed by atoms with E-state index in [0.29, 0.717) is 13.0 Å². The van der Waals surface area contributed by atoms with Gasteiger partial charge in [-0.3, -0.25) is 4.79 Å². The van der Waals surface area contributed by atoms with Gasteiger partial charge in [0.2, 0.25) is 0 Å². The molecule has 2 aliphatic rings. The van der Waals surface area contributed by atoms with Crippen LogP contribution in [0.4, 0.5) is 0 Å². The molecule has 14 nitrogen and oxygen atoms in total.